The normalized spacial score (nSPS) is 18.0. The number of nitrogens with zero attached hydrogens (tertiary/aromatic N) is 4. The van der Waals surface area contributed by atoms with Crippen molar-refractivity contribution in [3.8, 4) is 21.7 Å². The van der Waals surface area contributed by atoms with E-state index >= 15 is 0 Å². The van der Waals surface area contributed by atoms with Gasteiger partial charge < -0.3 is 39.9 Å². The van der Waals surface area contributed by atoms with Crippen LogP contribution in [0.2, 0.25) is 0 Å². The van der Waals surface area contributed by atoms with Gasteiger partial charge in [-0.25, -0.2) is 14.8 Å². The maximum Gasteiger partial charge on any atom is 0.407 e. The van der Waals surface area contributed by atoms with Gasteiger partial charge >= 0.3 is 6.09 Å². The number of amides is 3. The largest absolute Gasteiger partial charge is 0.453 e. The third-order valence-electron chi connectivity index (χ3n) is 12.2. The Morgan fingerprint density at radius 2 is 1.56 bits per heavy atom. The number of fused-ring (bicyclic) bond motifs is 4. The average Bonchev–Trinajstić information content (AvgIpc) is 4.15. The van der Waals surface area contributed by atoms with Crippen LogP contribution in [0.4, 0.5) is 4.79 Å². The minimum Gasteiger partial charge on any atom is -0.453 e. The first-order chi connectivity index (χ1) is 30.1. The molecule has 2 fully saturated rings. The molecule has 9 rings (SSSR count). The molecule has 0 unspecified atom stereocenters. The molecule has 0 radical (unpaired) electrons. The maximum absolute atomic E-state index is 14.1. The Balaban J connectivity index is 0.941. The number of hydrogen-bond acceptors (Lipinski definition) is 9. The molecule has 13 nitrogen and oxygen atoms in total. The van der Waals surface area contributed by atoms with E-state index in [0.29, 0.717) is 18.7 Å². The molecule has 318 valence electrons. The van der Waals surface area contributed by atoms with Gasteiger partial charge in [0.2, 0.25) is 5.91 Å². The zero-order valence-corrected chi connectivity index (χ0v) is 36.1. The highest BCUT2D eigenvalue weighted by molar-refractivity contribution is 7.22. The second-order valence-corrected chi connectivity index (χ2v) is 17.4. The van der Waals surface area contributed by atoms with Crippen LogP contribution in [0.5, 0.6) is 0 Å². The molecule has 0 bridgehead atoms. The molecule has 5 atom stereocenters. The molecular formula is C48H50N8O5S. The molecular weight excluding hydrogens is 801 g/mol. The molecule has 3 aromatic heterocycles. The van der Waals surface area contributed by atoms with Crippen LogP contribution < -0.4 is 10.6 Å². The van der Waals surface area contributed by atoms with Crippen LogP contribution in [0.1, 0.15) is 74.9 Å². The van der Waals surface area contributed by atoms with Gasteiger partial charge in [-0.15, -0.1) is 11.3 Å². The van der Waals surface area contributed by atoms with Gasteiger partial charge in [0, 0.05) is 46.4 Å². The number of H-pyrrole nitrogens is 2. The molecule has 2 saturated heterocycles. The van der Waals surface area contributed by atoms with Crippen LogP contribution >= 0.6 is 11.3 Å². The lowest BCUT2D eigenvalue weighted by atomic mass is 10.0. The predicted octanol–water partition coefficient (Wildman–Crippen LogP) is 8.94. The molecule has 2 aliphatic heterocycles. The molecule has 0 aliphatic carbocycles. The summed E-state index contributed by atoms with van der Waals surface area (Å²) >= 11 is 1.74. The van der Waals surface area contributed by atoms with Crippen LogP contribution in [0.3, 0.4) is 0 Å². The summed E-state index contributed by atoms with van der Waals surface area (Å²) in [6.07, 6.45) is 4.19. The Hall–Kier alpha value is -6.51. The van der Waals surface area contributed by atoms with Crippen molar-refractivity contribution in [3.63, 3.8) is 0 Å². The molecule has 5 heterocycles. The van der Waals surface area contributed by atoms with Crippen molar-refractivity contribution in [1.82, 2.24) is 40.4 Å². The summed E-state index contributed by atoms with van der Waals surface area (Å²) in [5.74, 6) is 1.29. The highest BCUT2D eigenvalue weighted by atomic mass is 32.1. The summed E-state index contributed by atoms with van der Waals surface area (Å²) < 4.78 is 11.6. The van der Waals surface area contributed by atoms with Gasteiger partial charge in [0.1, 0.15) is 23.7 Å². The van der Waals surface area contributed by atoms with Crippen molar-refractivity contribution in [2.75, 3.05) is 27.3 Å². The van der Waals surface area contributed by atoms with Gasteiger partial charge in [-0.1, -0.05) is 67.2 Å². The minimum absolute atomic E-state index is 0.0171. The molecule has 7 aromatic rings. The van der Waals surface area contributed by atoms with Crippen LogP contribution in [0, 0.1) is 0 Å². The SMILES string of the molecule is C=C(C)N[C@H](C(=O)N1CCC[C@H]1c1ncc(-c2ccc3cc(-c4ccc5c(ccc6[nH]c([C@@H]7CCCN7C(=O)[C@H](NC(=O)OC)c7ccccc7)nc65)c4)sc3c2)[nH]1)[C@H](C)OC. The zero-order chi connectivity index (χ0) is 43.1. The van der Waals surface area contributed by atoms with Crippen LogP contribution in [-0.4, -0.2) is 87.1 Å². The maximum atomic E-state index is 14.1. The Labute approximate surface area is 363 Å². The fourth-order valence-corrected chi connectivity index (χ4v) is 10.1. The minimum atomic E-state index is -0.882. The van der Waals surface area contributed by atoms with Crippen molar-refractivity contribution in [1.29, 1.82) is 0 Å². The number of ether oxygens (including phenoxy) is 2. The van der Waals surface area contributed by atoms with Gasteiger partial charge in [0.05, 0.1) is 48.2 Å². The summed E-state index contributed by atoms with van der Waals surface area (Å²) in [7, 11) is 2.91. The van der Waals surface area contributed by atoms with Crippen molar-refractivity contribution in [2.24, 2.45) is 0 Å². The molecule has 4 N–H and O–H groups in total. The summed E-state index contributed by atoms with van der Waals surface area (Å²) in [5, 5.41) is 9.21. The molecule has 0 spiro atoms. The van der Waals surface area contributed by atoms with Gasteiger partial charge in [-0.05, 0) is 85.7 Å². The Bertz CT molecular complexity index is 2810. The second kappa shape index (κ2) is 17.1. The number of hydrogen-bond donors (Lipinski definition) is 4. The van der Waals surface area contributed by atoms with E-state index in [1.807, 2.05) is 60.2 Å². The highest BCUT2D eigenvalue weighted by Gasteiger charge is 2.39. The Kier molecular flexibility index (Phi) is 11.3. The van der Waals surface area contributed by atoms with E-state index in [4.69, 9.17) is 19.4 Å². The monoisotopic (exact) mass is 850 g/mol. The Morgan fingerprint density at radius 3 is 2.31 bits per heavy atom. The van der Waals surface area contributed by atoms with E-state index in [2.05, 4.69) is 81.8 Å². The van der Waals surface area contributed by atoms with Crippen molar-refractivity contribution < 1.29 is 23.9 Å². The van der Waals surface area contributed by atoms with E-state index in [0.717, 1.165) is 96.6 Å². The van der Waals surface area contributed by atoms with Gasteiger partial charge in [0.15, 0.2) is 0 Å². The van der Waals surface area contributed by atoms with Gasteiger partial charge in [0.25, 0.3) is 5.91 Å². The topological polar surface area (TPSA) is 158 Å². The standard InChI is InChI=1S/C48H50N8O5S/c1-27(2)50-41(28(3)60-4)46(57)55-21-9-13-37(55)44-49-26-36(52-44)31-15-16-33-25-40(62-39(33)24-31)32-17-19-34-30(23-32)18-20-35-43(34)53-45(51-35)38-14-10-22-56(38)47(58)42(54-48(59)61-5)29-11-7-6-8-12-29/h6-8,11-12,15-20,23-26,28,37-38,41-42,50H,1,9-10,13-14,21-22H2,2-5H3,(H,49,52)(H,51,53)(H,54,59)/t28-,37-,38-,41-,42+/m0/s1. The fraction of sp³-hybridized carbons (Fsp3) is 0.312. The molecule has 2 aliphatic rings. The molecule has 62 heavy (non-hydrogen) atoms. The summed E-state index contributed by atoms with van der Waals surface area (Å²) in [6, 6.07) is 26.8. The molecule has 3 amide bonds. The highest BCUT2D eigenvalue weighted by Crippen LogP contribution is 2.40. The number of aromatic amines is 2. The number of benzene rings is 4. The number of carbonyl (C=O) groups excluding carboxylic acids is 3. The quantitative estimate of drug-likeness (QED) is 0.0950. The fourth-order valence-electron chi connectivity index (χ4n) is 8.99. The van der Waals surface area contributed by atoms with E-state index in [1.54, 1.807) is 18.4 Å². The van der Waals surface area contributed by atoms with E-state index in [9.17, 15) is 14.4 Å². The molecule has 4 aromatic carbocycles. The smallest absolute Gasteiger partial charge is 0.407 e. The zero-order valence-electron chi connectivity index (χ0n) is 35.2. The lowest BCUT2D eigenvalue weighted by Gasteiger charge is -2.31. The average molecular weight is 851 g/mol. The number of nitrogens with one attached hydrogen (secondary N) is 4. The number of aromatic nitrogens is 4. The number of rotatable bonds is 12. The third kappa shape index (κ3) is 7.80. The van der Waals surface area contributed by atoms with Crippen molar-refractivity contribution in [2.45, 2.75) is 69.8 Å². The van der Waals surface area contributed by atoms with Crippen LogP contribution in [0.15, 0.2) is 103 Å². The van der Waals surface area contributed by atoms with E-state index < -0.39 is 18.2 Å². The number of imidazole rings is 2. The first kappa shape index (κ1) is 40.9. The van der Waals surface area contributed by atoms with Crippen LogP contribution in [0.25, 0.3) is 53.6 Å². The van der Waals surface area contributed by atoms with Gasteiger partial charge in [-0.2, -0.15) is 0 Å². The van der Waals surface area contributed by atoms with Gasteiger partial charge in [-0.3, -0.25) is 9.59 Å². The lowest BCUT2D eigenvalue weighted by Crippen LogP contribution is -2.51. The summed E-state index contributed by atoms with van der Waals surface area (Å²) in [6.45, 7) is 8.91. The summed E-state index contributed by atoms with van der Waals surface area (Å²) in [5.41, 5.74) is 6.22. The number of thiophene rings is 1. The predicted molar refractivity (Wildman–Crippen MR) is 242 cm³/mol. The molecule has 0 saturated carbocycles. The molecule has 14 heteroatoms. The number of alkyl carbamates (subject to hydrolysis) is 1. The first-order valence-corrected chi connectivity index (χ1v) is 21.9. The number of likely N-dealkylation sites (tertiary alicyclic amines) is 2. The van der Waals surface area contributed by atoms with Crippen molar-refractivity contribution in [3.05, 3.63) is 121 Å². The van der Waals surface area contributed by atoms with E-state index in [-0.39, 0.29) is 30.0 Å². The Morgan fingerprint density at radius 1 is 0.839 bits per heavy atom. The van der Waals surface area contributed by atoms with Crippen molar-refractivity contribution >= 4 is 61.1 Å². The first-order valence-electron chi connectivity index (χ1n) is 21.1. The van der Waals surface area contributed by atoms with Crippen LogP contribution in [-0.2, 0) is 19.1 Å². The number of methoxy groups -OCH3 is 2. The summed E-state index contributed by atoms with van der Waals surface area (Å²) in [4.78, 5) is 62.0. The number of allylic oxidation sites excluding steroid dienone is 1. The number of carbonyl (C=O) groups is 3. The van der Waals surface area contributed by atoms with E-state index in [1.165, 1.54) is 7.11 Å². The third-order valence-corrected chi connectivity index (χ3v) is 13.4. The lowest BCUT2D eigenvalue weighted by molar-refractivity contribution is -0.137. The second-order valence-electron chi connectivity index (χ2n) is 16.3.